The summed E-state index contributed by atoms with van der Waals surface area (Å²) in [6.45, 7) is 6.00. The Bertz CT molecular complexity index is 1210. The highest BCUT2D eigenvalue weighted by molar-refractivity contribution is 6.08. The molecule has 0 unspecified atom stereocenters. The van der Waals surface area contributed by atoms with E-state index in [1.165, 1.54) is 0 Å². The maximum atomic E-state index is 13.3. The Kier molecular flexibility index (Phi) is 6.82. The summed E-state index contributed by atoms with van der Waals surface area (Å²) in [6, 6.07) is 18.8. The Labute approximate surface area is 200 Å². The highest BCUT2D eigenvalue weighted by Gasteiger charge is 2.21. The minimum absolute atomic E-state index is 0.00603. The summed E-state index contributed by atoms with van der Waals surface area (Å²) in [6.07, 6.45) is 1.93. The maximum Gasteiger partial charge on any atom is 0.258 e. The number of fused-ring (bicyclic) bond motifs is 1. The third-order valence-electron chi connectivity index (χ3n) is 6.33. The minimum Gasteiger partial charge on any atom is -0.490 e. The summed E-state index contributed by atoms with van der Waals surface area (Å²) >= 11 is 0. The molecule has 4 rings (SSSR count). The lowest BCUT2D eigenvalue weighted by molar-refractivity contribution is 0.0988. The van der Waals surface area contributed by atoms with Gasteiger partial charge in [-0.25, -0.2) is 0 Å². The fraction of sp³-hybridized carbons (Fsp3) is 0.296. The molecule has 0 bridgehead atoms. The zero-order valence-corrected chi connectivity index (χ0v) is 19.7. The number of carbonyl (C=O) groups excluding carboxylic acids is 1. The van der Waals surface area contributed by atoms with E-state index in [2.05, 4.69) is 4.90 Å². The van der Waals surface area contributed by atoms with Gasteiger partial charge in [0.2, 0.25) is 0 Å². The molecule has 1 amide bonds. The van der Waals surface area contributed by atoms with Crippen molar-refractivity contribution < 1.29 is 9.53 Å². The smallest absolute Gasteiger partial charge is 0.258 e. The first-order valence-corrected chi connectivity index (χ1v) is 11.6. The number of rotatable bonds is 6. The highest BCUT2D eigenvalue weighted by Crippen LogP contribution is 2.25. The van der Waals surface area contributed by atoms with Gasteiger partial charge >= 0.3 is 0 Å². The molecule has 1 fully saturated rings. The molecule has 3 aromatic carbocycles. The molecule has 1 heterocycles. The summed E-state index contributed by atoms with van der Waals surface area (Å²) in [7, 11) is 0. The number of nitrogens with two attached hydrogens (primary N) is 1. The van der Waals surface area contributed by atoms with E-state index in [0.29, 0.717) is 23.5 Å². The standard InChI is InChI=1S/C27H31N5O2/c1-3-32(27(33)21-7-5-19-4-6-20(26(29)30)16-22(19)17-21)23-8-10-24(11-9-23)34-25-12-14-31(15-13-25)18(2)28/h4-11,16-17,25,28H,3,12-15H2,1-2H3,(H3,29,30). The van der Waals surface area contributed by atoms with E-state index in [-0.39, 0.29) is 17.8 Å². The van der Waals surface area contributed by atoms with Crippen LogP contribution in [0.1, 0.15) is 42.6 Å². The molecule has 0 aromatic heterocycles. The molecule has 1 saturated heterocycles. The number of hydrogen-bond donors (Lipinski definition) is 3. The lowest BCUT2D eigenvalue weighted by atomic mass is 10.0. The second-order valence-corrected chi connectivity index (χ2v) is 8.62. The number of ether oxygens (including phenoxy) is 1. The Hall–Kier alpha value is -3.87. The number of benzene rings is 3. The molecular formula is C27H31N5O2. The van der Waals surface area contributed by atoms with E-state index in [0.717, 1.165) is 48.1 Å². The van der Waals surface area contributed by atoms with Gasteiger partial charge in [-0.3, -0.25) is 15.6 Å². The Balaban J connectivity index is 1.47. The second kappa shape index (κ2) is 9.95. The van der Waals surface area contributed by atoms with Crippen LogP contribution in [-0.4, -0.2) is 48.2 Å². The number of piperidine rings is 1. The second-order valence-electron chi connectivity index (χ2n) is 8.62. The van der Waals surface area contributed by atoms with Crippen LogP contribution >= 0.6 is 0 Å². The molecule has 1 aliphatic rings. The first-order valence-electron chi connectivity index (χ1n) is 11.6. The van der Waals surface area contributed by atoms with Crippen molar-refractivity contribution in [3.63, 3.8) is 0 Å². The van der Waals surface area contributed by atoms with E-state index in [1.807, 2.05) is 74.5 Å². The molecule has 4 N–H and O–H groups in total. The van der Waals surface area contributed by atoms with Gasteiger partial charge < -0.3 is 20.3 Å². The lowest BCUT2D eigenvalue weighted by Crippen LogP contribution is -2.40. The fourth-order valence-electron chi connectivity index (χ4n) is 4.35. The van der Waals surface area contributed by atoms with Crippen LogP contribution in [0, 0.1) is 10.8 Å². The number of nitrogen functional groups attached to an aromatic ring is 1. The molecule has 7 heteroatoms. The van der Waals surface area contributed by atoms with Crippen LogP contribution in [0.2, 0.25) is 0 Å². The van der Waals surface area contributed by atoms with E-state index in [1.54, 1.807) is 4.90 Å². The third kappa shape index (κ3) is 5.03. The van der Waals surface area contributed by atoms with Crippen molar-refractivity contribution >= 4 is 34.0 Å². The van der Waals surface area contributed by atoms with Crippen molar-refractivity contribution in [1.29, 1.82) is 10.8 Å². The average molecular weight is 458 g/mol. The minimum atomic E-state index is -0.0827. The van der Waals surface area contributed by atoms with Crippen LogP contribution in [0.25, 0.3) is 10.8 Å². The quantitative estimate of drug-likeness (QED) is 0.370. The summed E-state index contributed by atoms with van der Waals surface area (Å²) in [5.41, 5.74) is 7.66. The molecule has 7 nitrogen and oxygen atoms in total. The van der Waals surface area contributed by atoms with Crippen molar-refractivity contribution in [2.45, 2.75) is 32.8 Å². The zero-order chi connectivity index (χ0) is 24.2. The van der Waals surface area contributed by atoms with Crippen molar-refractivity contribution in [2.75, 3.05) is 24.5 Å². The van der Waals surface area contributed by atoms with Crippen molar-refractivity contribution in [3.8, 4) is 5.75 Å². The third-order valence-corrected chi connectivity index (χ3v) is 6.33. The fourth-order valence-corrected chi connectivity index (χ4v) is 4.35. The van der Waals surface area contributed by atoms with Gasteiger partial charge in [-0.05, 0) is 67.1 Å². The van der Waals surface area contributed by atoms with Gasteiger partial charge in [0, 0.05) is 49.3 Å². The molecular weight excluding hydrogens is 426 g/mol. The van der Waals surface area contributed by atoms with Crippen LogP contribution in [0.3, 0.4) is 0 Å². The summed E-state index contributed by atoms with van der Waals surface area (Å²) < 4.78 is 6.15. The SMILES string of the molecule is CCN(C(=O)c1ccc2ccc(C(=N)N)cc2c1)c1ccc(OC2CCN(C(C)=N)CC2)cc1. The first-order chi connectivity index (χ1) is 16.4. The predicted octanol–water partition coefficient (Wildman–Crippen LogP) is 4.63. The van der Waals surface area contributed by atoms with E-state index in [9.17, 15) is 4.79 Å². The first kappa shape index (κ1) is 23.3. The number of nitrogens with zero attached hydrogens (tertiary/aromatic N) is 2. The van der Waals surface area contributed by atoms with Gasteiger partial charge in [0.15, 0.2) is 0 Å². The number of anilines is 1. The zero-order valence-electron chi connectivity index (χ0n) is 19.7. The number of carbonyl (C=O) groups is 1. The summed E-state index contributed by atoms with van der Waals surface area (Å²) in [5, 5.41) is 17.3. The molecule has 34 heavy (non-hydrogen) atoms. The van der Waals surface area contributed by atoms with Crippen LogP contribution in [0.15, 0.2) is 60.7 Å². The molecule has 1 aliphatic heterocycles. The van der Waals surface area contributed by atoms with Crippen LogP contribution in [0.5, 0.6) is 5.75 Å². The van der Waals surface area contributed by atoms with Gasteiger partial charge in [-0.2, -0.15) is 0 Å². The van der Waals surface area contributed by atoms with E-state index >= 15 is 0 Å². The number of hydrogen-bond acceptors (Lipinski definition) is 4. The van der Waals surface area contributed by atoms with Crippen molar-refractivity contribution in [3.05, 3.63) is 71.8 Å². The van der Waals surface area contributed by atoms with Gasteiger partial charge in [0.05, 0.1) is 5.84 Å². The normalized spacial score (nSPS) is 14.1. The number of likely N-dealkylation sites (tertiary alicyclic amines) is 1. The van der Waals surface area contributed by atoms with Gasteiger partial charge in [0.25, 0.3) is 5.91 Å². The number of amides is 1. The van der Waals surface area contributed by atoms with E-state index < -0.39 is 0 Å². The van der Waals surface area contributed by atoms with Crippen molar-refractivity contribution in [1.82, 2.24) is 4.90 Å². The van der Waals surface area contributed by atoms with Gasteiger partial charge in [0.1, 0.15) is 17.7 Å². The van der Waals surface area contributed by atoms with Crippen LogP contribution in [-0.2, 0) is 0 Å². The van der Waals surface area contributed by atoms with Crippen molar-refractivity contribution in [2.24, 2.45) is 5.73 Å². The molecule has 176 valence electrons. The summed E-state index contributed by atoms with van der Waals surface area (Å²) in [5.74, 6) is 1.32. The van der Waals surface area contributed by atoms with Gasteiger partial charge in [-0.1, -0.05) is 18.2 Å². The molecule has 0 spiro atoms. The number of amidine groups is 2. The molecule has 0 atom stereocenters. The largest absolute Gasteiger partial charge is 0.490 e. The van der Waals surface area contributed by atoms with Crippen LogP contribution < -0.4 is 15.4 Å². The monoisotopic (exact) mass is 457 g/mol. The molecule has 0 radical (unpaired) electrons. The number of nitrogens with one attached hydrogen (secondary N) is 2. The van der Waals surface area contributed by atoms with E-state index in [4.69, 9.17) is 21.3 Å². The lowest BCUT2D eigenvalue weighted by Gasteiger charge is -2.32. The maximum absolute atomic E-state index is 13.3. The van der Waals surface area contributed by atoms with Crippen LogP contribution in [0.4, 0.5) is 5.69 Å². The predicted molar refractivity (Wildman–Crippen MR) is 137 cm³/mol. The Morgan fingerprint density at radius 1 is 1.00 bits per heavy atom. The molecule has 3 aromatic rings. The summed E-state index contributed by atoms with van der Waals surface area (Å²) in [4.78, 5) is 17.1. The average Bonchev–Trinajstić information content (AvgIpc) is 2.85. The Morgan fingerprint density at radius 3 is 2.21 bits per heavy atom. The topological polar surface area (TPSA) is 106 Å². The Morgan fingerprint density at radius 2 is 1.62 bits per heavy atom. The molecule has 0 saturated carbocycles. The van der Waals surface area contributed by atoms with Gasteiger partial charge in [-0.15, -0.1) is 0 Å². The molecule has 0 aliphatic carbocycles. The highest BCUT2D eigenvalue weighted by atomic mass is 16.5.